The van der Waals surface area contributed by atoms with Crippen LogP contribution in [0.25, 0.3) is 0 Å². The van der Waals surface area contributed by atoms with Crippen molar-refractivity contribution in [1.82, 2.24) is 14.8 Å². The summed E-state index contributed by atoms with van der Waals surface area (Å²) < 4.78 is 96.0. The first-order valence-corrected chi connectivity index (χ1v) is 17.7. The van der Waals surface area contributed by atoms with Crippen LogP contribution in [0.15, 0.2) is 48.0 Å². The standard InChI is InChI=1S/C35H36ClF6N3O6S/c1-4-15-50-30-33(51-22-17-26(52-19-22)35(40,41)42,11-6-13-45(30)28(46)27-24(34(37,38)39)7-5-12-43-27)29(47)44-14-10-20-16-21(36)8-9-23(20)25(44)18-32(2,3)31(48)49/h5,7-9,12,16-17,19,25,30H,4,6,10-11,13-15,18H2,1-3H3,(H,48,49)/t25?,30?,33-/m1/s1. The Bertz CT molecular complexity index is 1820. The molecule has 3 atom stereocenters. The lowest BCUT2D eigenvalue weighted by Gasteiger charge is -2.51. The minimum atomic E-state index is -4.98. The van der Waals surface area contributed by atoms with Crippen LogP contribution in [-0.2, 0) is 33.1 Å². The van der Waals surface area contributed by atoms with Crippen LogP contribution in [0.3, 0.4) is 0 Å². The number of benzene rings is 1. The topological polar surface area (TPSA) is 109 Å². The van der Waals surface area contributed by atoms with Crippen LogP contribution in [0, 0.1) is 5.41 Å². The van der Waals surface area contributed by atoms with Crippen molar-refractivity contribution in [2.24, 2.45) is 5.41 Å². The number of aromatic nitrogens is 1. The molecule has 0 spiro atoms. The molecule has 0 bridgehead atoms. The van der Waals surface area contributed by atoms with Crippen LogP contribution in [0.1, 0.15) is 84.6 Å². The van der Waals surface area contributed by atoms with E-state index in [1.807, 2.05) is 0 Å². The lowest BCUT2D eigenvalue weighted by Crippen LogP contribution is -2.69. The zero-order valence-electron chi connectivity index (χ0n) is 28.3. The molecule has 17 heteroatoms. The molecule has 1 N–H and O–H groups in total. The van der Waals surface area contributed by atoms with E-state index in [9.17, 15) is 41.0 Å². The predicted octanol–water partition coefficient (Wildman–Crippen LogP) is 8.27. The summed E-state index contributed by atoms with van der Waals surface area (Å²) >= 11 is 6.59. The number of hydrogen-bond donors (Lipinski definition) is 1. The maximum absolute atomic E-state index is 15.3. The van der Waals surface area contributed by atoms with Gasteiger partial charge in [0.25, 0.3) is 11.8 Å². The molecule has 2 aliphatic rings. The zero-order chi connectivity index (χ0) is 38.2. The fourth-order valence-electron chi connectivity index (χ4n) is 6.65. The SMILES string of the molecule is CCCOC1N(C(=O)c2ncccc2C(F)(F)F)CCC[C@@]1(Oc1csc(C(F)(F)F)c1)C(=O)N1CCc2cc(Cl)ccc2C1CC(C)(C)C(=O)O. The number of fused-ring (bicyclic) bond motifs is 1. The molecule has 1 aromatic carbocycles. The first-order chi connectivity index (χ1) is 24.3. The maximum atomic E-state index is 15.3. The molecule has 2 amide bonds. The van der Waals surface area contributed by atoms with Crippen molar-refractivity contribution >= 4 is 40.7 Å². The number of nitrogens with zero attached hydrogens (tertiary/aromatic N) is 3. The van der Waals surface area contributed by atoms with Crippen LogP contribution in [-0.4, -0.2) is 69.2 Å². The lowest BCUT2D eigenvalue weighted by atomic mass is 9.78. The summed E-state index contributed by atoms with van der Waals surface area (Å²) in [6.07, 6.45) is -10.2. The van der Waals surface area contributed by atoms with E-state index in [-0.39, 0.29) is 51.1 Å². The number of hydrogen-bond acceptors (Lipinski definition) is 7. The minimum Gasteiger partial charge on any atom is -0.481 e. The van der Waals surface area contributed by atoms with Crippen molar-refractivity contribution in [3.8, 4) is 5.75 Å². The van der Waals surface area contributed by atoms with Gasteiger partial charge in [-0.15, -0.1) is 11.3 Å². The van der Waals surface area contributed by atoms with Gasteiger partial charge in [-0.3, -0.25) is 19.4 Å². The Kier molecular flexibility index (Phi) is 11.2. The summed E-state index contributed by atoms with van der Waals surface area (Å²) in [6, 6.07) is 6.46. The van der Waals surface area contributed by atoms with Gasteiger partial charge in [-0.25, -0.2) is 0 Å². The van der Waals surface area contributed by atoms with Gasteiger partial charge in [-0.05, 0) is 74.9 Å². The summed E-state index contributed by atoms with van der Waals surface area (Å²) in [7, 11) is 0. The van der Waals surface area contributed by atoms with Crippen molar-refractivity contribution in [2.75, 3.05) is 19.7 Å². The number of thiophene rings is 1. The highest BCUT2D eigenvalue weighted by molar-refractivity contribution is 7.10. The molecule has 2 unspecified atom stereocenters. The molecule has 0 radical (unpaired) electrons. The molecule has 9 nitrogen and oxygen atoms in total. The van der Waals surface area contributed by atoms with Gasteiger partial charge in [0.2, 0.25) is 5.60 Å². The number of carboxylic acid groups (broad SMARTS) is 1. The van der Waals surface area contributed by atoms with Gasteiger partial charge in [0.15, 0.2) is 6.23 Å². The Hall–Kier alpha value is -3.89. The molecule has 3 aromatic rings. The third-order valence-electron chi connectivity index (χ3n) is 9.21. The van der Waals surface area contributed by atoms with Gasteiger partial charge in [-0.2, -0.15) is 26.3 Å². The number of carbonyl (C=O) groups excluding carboxylic acids is 2. The first-order valence-electron chi connectivity index (χ1n) is 16.4. The number of aliphatic carboxylic acids is 1. The first kappa shape index (κ1) is 39.3. The Morgan fingerprint density at radius 2 is 1.79 bits per heavy atom. The second-order valence-corrected chi connectivity index (χ2v) is 14.7. The van der Waals surface area contributed by atoms with Gasteiger partial charge < -0.3 is 24.4 Å². The fourth-order valence-corrected chi connectivity index (χ4v) is 7.53. The minimum absolute atomic E-state index is 0.0119. The van der Waals surface area contributed by atoms with Gasteiger partial charge in [0.1, 0.15) is 16.3 Å². The Balaban J connectivity index is 1.69. The molecule has 0 saturated carbocycles. The van der Waals surface area contributed by atoms with Crippen LogP contribution in [0.2, 0.25) is 5.02 Å². The third kappa shape index (κ3) is 7.88. The highest BCUT2D eigenvalue weighted by Crippen LogP contribution is 2.46. The van der Waals surface area contributed by atoms with Crippen molar-refractivity contribution < 1.29 is 55.3 Å². The monoisotopic (exact) mass is 775 g/mol. The van der Waals surface area contributed by atoms with Gasteiger partial charge >= 0.3 is 18.3 Å². The predicted molar refractivity (Wildman–Crippen MR) is 178 cm³/mol. The molecule has 5 rings (SSSR count). The van der Waals surface area contributed by atoms with Gasteiger partial charge in [0, 0.05) is 48.8 Å². The Labute approximate surface area is 304 Å². The number of rotatable bonds is 10. The number of ether oxygens (including phenoxy) is 2. The van der Waals surface area contributed by atoms with Crippen LogP contribution < -0.4 is 4.74 Å². The normalized spacial score (nSPS) is 21.1. The van der Waals surface area contributed by atoms with Crippen LogP contribution in [0.5, 0.6) is 5.75 Å². The molecule has 4 heterocycles. The van der Waals surface area contributed by atoms with Crippen molar-refractivity contribution in [1.29, 1.82) is 0 Å². The highest BCUT2D eigenvalue weighted by atomic mass is 35.5. The van der Waals surface area contributed by atoms with E-state index < -0.39 is 69.6 Å². The third-order valence-corrected chi connectivity index (χ3v) is 10.4. The quantitative estimate of drug-likeness (QED) is 0.207. The number of carbonyl (C=O) groups is 3. The summed E-state index contributed by atoms with van der Waals surface area (Å²) in [5.41, 5.74) is -4.63. The number of amides is 2. The zero-order valence-corrected chi connectivity index (χ0v) is 29.9. The average molecular weight is 776 g/mol. The number of alkyl halides is 6. The second-order valence-electron chi connectivity index (χ2n) is 13.4. The second kappa shape index (κ2) is 14.9. The average Bonchev–Trinajstić information content (AvgIpc) is 3.55. The molecular weight excluding hydrogens is 740 g/mol. The van der Waals surface area contributed by atoms with E-state index in [0.717, 1.165) is 28.1 Å². The highest BCUT2D eigenvalue weighted by Gasteiger charge is 2.59. The van der Waals surface area contributed by atoms with E-state index in [4.69, 9.17) is 21.1 Å². The maximum Gasteiger partial charge on any atom is 0.425 e. The Morgan fingerprint density at radius 3 is 2.42 bits per heavy atom. The van der Waals surface area contributed by atoms with Crippen molar-refractivity contribution in [3.05, 3.63) is 80.3 Å². The van der Waals surface area contributed by atoms with E-state index in [2.05, 4.69) is 4.98 Å². The van der Waals surface area contributed by atoms with E-state index in [1.54, 1.807) is 25.1 Å². The smallest absolute Gasteiger partial charge is 0.425 e. The number of carboxylic acids is 1. The molecular formula is C35H36ClF6N3O6S. The summed E-state index contributed by atoms with van der Waals surface area (Å²) in [5, 5.41) is 11.5. The van der Waals surface area contributed by atoms with Crippen LogP contribution in [0.4, 0.5) is 26.3 Å². The summed E-state index contributed by atoms with van der Waals surface area (Å²) in [4.78, 5) is 46.8. The van der Waals surface area contributed by atoms with E-state index in [1.165, 1.54) is 18.7 Å². The molecule has 2 aliphatic heterocycles. The molecule has 2 aromatic heterocycles. The summed E-state index contributed by atoms with van der Waals surface area (Å²) in [6.45, 7) is 4.35. The largest absolute Gasteiger partial charge is 0.481 e. The van der Waals surface area contributed by atoms with Gasteiger partial charge in [0.05, 0.1) is 17.0 Å². The van der Waals surface area contributed by atoms with Gasteiger partial charge in [-0.1, -0.05) is 24.6 Å². The fraction of sp³-hybridized carbons (Fsp3) is 0.486. The Morgan fingerprint density at radius 1 is 1.06 bits per heavy atom. The molecule has 0 aliphatic carbocycles. The van der Waals surface area contributed by atoms with E-state index in [0.29, 0.717) is 40.5 Å². The number of piperidine rings is 1. The molecule has 1 saturated heterocycles. The van der Waals surface area contributed by atoms with Crippen LogP contribution >= 0.6 is 22.9 Å². The number of halogens is 7. The summed E-state index contributed by atoms with van der Waals surface area (Å²) in [5.74, 6) is -3.59. The molecule has 1 fully saturated rings. The molecule has 282 valence electrons. The molecule has 52 heavy (non-hydrogen) atoms. The number of likely N-dealkylation sites (tertiary alicyclic amines) is 1. The lowest BCUT2D eigenvalue weighted by molar-refractivity contribution is -0.197. The van der Waals surface area contributed by atoms with Crippen molar-refractivity contribution in [3.63, 3.8) is 0 Å². The van der Waals surface area contributed by atoms with Crippen molar-refractivity contribution in [2.45, 2.75) is 83.1 Å². The van der Waals surface area contributed by atoms with E-state index >= 15 is 4.79 Å². The number of pyridine rings is 1.